The van der Waals surface area contributed by atoms with E-state index < -0.39 is 0 Å². The number of hydrogen-bond donors (Lipinski definition) is 1. The Balaban J connectivity index is 1.74. The molecule has 1 saturated heterocycles. The van der Waals surface area contributed by atoms with E-state index in [0.29, 0.717) is 5.95 Å². The molecule has 2 heterocycles. The maximum absolute atomic E-state index is 5.43. The third-order valence-corrected chi connectivity index (χ3v) is 4.74. The first-order chi connectivity index (χ1) is 12.7. The van der Waals surface area contributed by atoms with Gasteiger partial charge in [-0.2, -0.15) is 4.98 Å². The number of benzene rings is 2. The van der Waals surface area contributed by atoms with Crippen molar-refractivity contribution in [1.29, 1.82) is 0 Å². The molecule has 6 heteroatoms. The Morgan fingerprint density at radius 2 is 1.65 bits per heavy atom. The molecule has 134 valence electrons. The number of nitrogens with one attached hydrogen (secondary N) is 1. The second-order valence-electron chi connectivity index (χ2n) is 6.50. The number of rotatable bonds is 4. The summed E-state index contributed by atoms with van der Waals surface area (Å²) in [6, 6.07) is 16.0. The first-order valence-corrected chi connectivity index (χ1v) is 8.85. The SMILES string of the molecule is COc1ccccc1Nc1nc(N2CCN(C)CC2)c2ccccc2n1. The van der Waals surface area contributed by atoms with E-state index in [9.17, 15) is 0 Å². The standard InChI is InChI=1S/C20H23N5O/c1-24-11-13-25(14-12-24)19-15-7-3-4-8-16(15)21-20(23-19)22-17-9-5-6-10-18(17)26-2/h3-10H,11-14H2,1-2H3,(H,21,22,23). The van der Waals surface area contributed by atoms with Crippen LogP contribution in [0.5, 0.6) is 5.75 Å². The van der Waals surface area contributed by atoms with Crippen LogP contribution in [-0.2, 0) is 0 Å². The highest BCUT2D eigenvalue weighted by Gasteiger charge is 2.19. The number of ether oxygens (including phenoxy) is 1. The molecule has 0 radical (unpaired) electrons. The van der Waals surface area contributed by atoms with E-state index in [1.807, 2.05) is 42.5 Å². The monoisotopic (exact) mass is 349 g/mol. The van der Waals surface area contributed by atoms with E-state index >= 15 is 0 Å². The maximum atomic E-state index is 5.43. The van der Waals surface area contributed by atoms with Crippen LogP contribution in [0, 0.1) is 0 Å². The van der Waals surface area contributed by atoms with E-state index in [-0.39, 0.29) is 0 Å². The smallest absolute Gasteiger partial charge is 0.229 e. The topological polar surface area (TPSA) is 53.5 Å². The summed E-state index contributed by atoms with van der Waals surface area (Å²) in [5.74, 6) is 2.34. The van der Waals surface area contributed by atoms with Crippen molar-refractivity contribution in [2.75, 3.05) is 50.6 Å². The average molecular weight is 349 g/mol. The molecule has 1 aliphatic rings. The van der Waals surface area contributed by atoms with Crippen LogP contribution >= 0.6 is 0 Å². The van der Waals surface area contributed by atoms with Crippen LogP contribution in [-0.4, -0.2) is 55.2 Å². The van der Waals surface area contributed by atoms with Gasteiger partial charge < -0.3 is 19.9 Å². The van der Waals surface area contributed by atoms with E-state index in [4.69, 9.17) is 14.7 Å². The van der Waals surface area contributed by atoms with Crippen molar-refractivity contribution in [3.8, 4) is 5.75 Å². The summed E-state index contributed by atoms with van der Waals surface area (Å²) < 4.78 is 5.43. The molecule has 1 aliphatic heterocycles. The van der Waals surface area contributed by atoms with Gasteiger partial charge in [-0.25, -0.2) is 4.98 Å². The van der Waals surface area contributed by atoms with Gasteiger partial charge in [0.05, 0.1) is 18.3 Å². The van der Waals surface area contributed by atoms with Gasteiger partial charge in [-0.15, -0.1) is 0 Å². The first kappa shape index (κ1) is 16.6. The van der Waals surface area contributed by atoms with Crippen molar-refractivity contribution in [3.63, 3.8) is 0 Å². The van der Waals surface area contributed by atoms with Crippen LogP contribution in [0.15, 0.2) is 48.5 Å². The predicted molar refractivity (Wildman–Crippen MR) is 106 cm³/mol. The van der Waals surface area contributed by atoms with Gasteiger partial charge in [0.15, 0.2) is 0 Å². The van der Waals surface area contributed by atoms with Crippen LogP contribution < -0.4 is 15.0 Å². The number of methoxy groups -OCH3 is 1. The summed E-state index contributed by atoms with van der Waals surface area (Å²) in [7, 11) is 3.82. The van der Waals surface area contributed by atoms with Crippen LogP contribution in [0.3, 0.4) is 0 Å². The molecular weight excluding hydrogens is 326 g/mol. The van der Waals surface area contributed by atoms with E-state index in [1.165, 1.54) is 0 Å². The van der Waals surface area contributed by atoms with Crippen molar-refractivity contribution in [3.05, 3.63) is 48.5 Å². The third-order valence-electron chi connectivity index (χ3n) is 4.74. The normalized spacial score (nSPS) is 15.2. The van der Waals surface area contributed by atoms with E-state index in [2.05, 4.69) is 28.2 Å². The fourth-order valence-corrected chi connectivity index (χ4v) is 3.24. The Hall–Kier alpha value is -2.86. The van der Waals surface area contributed by atoms with Gasteiger partial charge in [-0.1, -0.05) is 24.3 Å². The Morgan fingerprint density at radius 1 is 0.923 bits per heavy atom. The number of para-hydroxylation sites is 3. The number of fused-ring (bicyclic) bond motifs is 1. The molecule has 0 spiro atoms. The van der Waals surface area contributed by atoms with Gasteiger partial charge in [0.1, 0.15) is 11.6 Å². The Bertz CT molecular complexity index is 906. The van der Waals surface area contributed by atoms with Gasteiger partial charge in [0.2, 0.25) is 5.95 Å². The Labute approximate surface area is 153 Å². The van der Waals surface area contributed by atoms with Crippen LogP contribution in [0.4, 0.5) is 17.5 Å². The van der Waals surface area contributed by atoms with Gasteiger partial charge in [0.25, 0.3) is 0 Å². The summed E-state index contributed by atoms with van der Waals surface area (Å²) in [6.45, 7) is 4.00. The highest BCUT2D eigenvalue weighted by Crippen LogP contribution is 2.30. The zero-order valence-electron chi connectivity index (χ0n) is 15.1. The molecule has 0 unspecified atom stereocenters. The molecule has 1 fully saturated rings. The molecule has 1 aromatic heterocycles. The van der Waals surface area contributed by atoms with Crippen molar-refractivity contribution in [2.24, 2.45) is 0 Å². The fraction of sp³-hybridized carbons (Fsp3) is 0.300. The summed E-state index contributed by atoms with van der Waals surface area (Å²) in [5, 5.41) is 4.41. The average Bonchev–Trinajstić information content (AvgIpc) is 2.68. The van der Waals surface area contributed by atoms with Crippen LogP contribution in [0.2, 0.25) is 0 Å². The molecule has 0 aliphatic carbocycles. The second-order valence-corrected chi connectivity index (χ2v) is 6.50. The quantitative estimate of drug-likeness (QED) is 0.781. The molecule has 0 atom stereocenters. The minimum absolute atomic E-state index is 0.585. The molecular formula is C20H23N5O. The van der Waals surface area contributed by atoms with Crippen molar-refractivity contribution < 1.29 is 4.74 Å². The van der Waals surface area contributed by atoms with Crippen molar-refractivity contribution in [2.45, 2.75) is 0 Å². The maximum Gasteiger partial charge on any atom is 0.229 e. The molecule has 2 aromatic carbocycles. The number of nitrogens with zero attached hydrogens (tertiary/aromatic N) is 4. The molecule has 0 bridgehead atoms. The number of anilines is 3. The summed E-state index contributed by atoms with van der Waals surface area (Å²) in [6.07, 6.45) is 0. The molecule has 3 aromatic rings. The molecule has 26 heavy (non-hydrogen) atoms. The van der Waals surface area contributed by atoms with Crippen LogP contribution in [0.1, 0.15) is 0 Å². The summed E-state index contributed by atoms with van der Waals surface area (Å²) in [4.78, 5) is 14.2. The van der Waals surface area contributed by atoms with Crippen LogP contribution in [0.25, 0.3) is 10.9 Å². The predicted octanol–water partition coefficient (Wildman–Crippen LogP) is 3.13. The minimum atomic E-state index is 0.585. The number of piperazine rings is 1. The molecule has 1 N–H and O–H groups in total. The third kappa shape index (κ3) is 3.28. The number of likely N-dealkylation sites (N-methyl/N-ethyl adjacent to an activating group) is 1. The summed E-state index contributed by atoms with van der Waals surface area (Å²) >= 11 is 0. The lowest BCUT2D eigenvalue weighted by molar-refractivity contribution is 0.312. The molecule has 4 rings (SSSR count). The highest BCUT2D eigenvalue weighted by atomic mass is 16.5. The Kier molecular flexibility index (Phi) is 4.58. The van der Waals surface area contributed by atoms with Gasteiger partial charge in [0, 0.05) is 31.6 Å². The second kappa shape index (κ2) is 7.17. The van der Waals surface area contributed by atoms with Gasteiger partial charge in [-0.05, 0) is 31.3 Å². The largest absolute Gasteiger partial charge is 0.495 e. The zero-order chi connectivity index (χ0) is 17.9. The highest BCUT2D eigenvalue weighted by molar-refractivity contribution is 5.91. The molecule has 0 saturated carbocycles. The molecule has 6 nitrogen and oxygen atoms in total. The summed E-state index contributed by atoms with van der Waals surface area (Å²) in [5.41, 5.74) is 1.79. The van der Waals surface area contributed by atoms with Crippen molar-refractivity contribution >= 4 is 28.4 Å². The van der Waals surface area contributed by atoms with Gasteiger partial charge in [-0.3, -0.25) is 0 Å². The van der Waals surface area contributed by atoms with Crippen molar-refractivity contribution in [1.82, 2.24) is 14.9 Å². The van der Waals surface area contributed by atoms with E-state index in [1.54, 1.807) is 7.11 Å². The van der Waals surface area contributed by atoms with E-state index in [0.717, 1.165) is 54.3 Å². The number of hydrogen-bond acceptors (Lipinski definition) is 6. The minimum Gasteiger partial charge on any atom is -0.495 e. The fourth-order valence-electron chi connectivity index (χ4n) is 3.24. The lowest BCUT2D eigenvalue weighted by Crippen LogP contribution is -2.45. The molecule has 0 amide bonds. The lowest BCUT2D eigenvalue weighted by Gasteiger charge is -2.33. The number of aromatic nitrogens is 2. The lowest BCUT2D eigenvalue weighted by atomic mass is 10.2. The first-order valence-electron chi connectivity index (χ1n) is 8.85. The van der Waals surface area contributed by atoms with Gasteiger partial charge >= 0.3 is 0 Å². The zero-order valence-corrected chi connectivity index (χ0v) is 15.1. The Morgan fingerprint density at radius 3 is 2.46 bits per heavy atom.